The number of ether oxygens (including phenoxy) is 1. The Morgan fingerprint density at radius 1 is 0.912 bits per heavy atom. The lowest BCUT2D eigenvalue weighted by molar-refractivity contribution is -0.118. The fraction of sp³-hybridized carbons (Fsp3) is 0.222. The van der Waals surface area contributed by atoms with Crippen molar-refractivity contribution in [3.63, 3.8) is 0 Å². The summed E-state index contributed by atoms with van der Waals surface area (Å²) in [5.74, 6) is 0.00283. The summed E-state index contributed by atoms with van der Waals surface area (Å²) in [5, 5.41) is 3.39. The molecular weight excluding hydrogens is 452 g/mol. The summed E-state index contributed by atoms with van der Waals surface area (Å²) in [5.41, 5.74) is 2.97. The van der Waals surface area contributed by atoms with Crippen molar-refractivity contribution in [3.05, 3.63) is 94.0 Å². The van der Waals surface area contributed by atoms with Gasteiger partial charge in [0.2, 0.25) is 0 Å². The van der Waals surface area contributed by atoms with E-state index < -0.39 is 0 Å². The lowest BCUT2D eigenvalue weighted by Crippen LogP contribution is -2.28. The number of likely N-dealkylation sites (tertiary alicyclic amines) is 1. The number of amides is 2. The molecule has 6 nitrogen and oxygen atoms in total. The standard InChI is InChI=1S/C27H25ClN2O4/c1-18-23(27(33)30-15-2-3-16-30)5-4-6-24(18)29-25(31)17-34-22-13-9-20(10-14-22)26(32)19-7-11-21(28)12-8-19/h4-14H,2-3,15-17H2,1H3,(H,29,31). The van der Waals surface area contributed by atoms with Gasteiger partial charge in [0.15, 0.2) is 12.4 Å². The van der Waals surface area contributed by atoms with Gasteiger partial charge in [-0.2, -0.15) is 0 Å². The van der Waals surface area contributed by atoms with Crippen molar-refractivity contribution in [2.45, 2.75) is 19.8 Å². The van der Waals surface area contributed by atoms with E-state index in [0.29, 0.717) is 33.1 Å². The molecule has 0 unspecified atom stereocenters. The number of hydrogen-bond acceptors (Lipinski definition) is 4. The number of anilines is 1. The number of carbonyl (C=O) groups is 3. The molecule has 0 spiro atoms. The first-order chi connectivity index (χ1) is 16.4. The third kappa shape index (κ3) is 5.46. The van der Waals surface area contributed by atoms with Crippen molar-refractivity contribution in [1.29, 1.82) is 0 Å². The van der Waals surface area contributed by atoms with Crippen LogP contribution in [0.5, 0.6) is 5.75 Å². The average Bonchev–Trinajstić information content (AvgIpc) is 3.39. The second-order valence-corrected chi connectivity index (χ2v) is 8.61. The lowest BCUT2D eigenvalue weighted by atomic mass is 10.0. The minimum absolute atomic E-state index is 0.00409. The lowest BCUT2D eigenvalue weighted by Gasteiger charge is -2.18. The van der Waals surface area contributed by atoms with Gasteiger partial charge in [0, 0.05) is 40.5 Å². The number of hydrogen-bond donors (Lipinski definition) is 1. The Labute approximate surface area is 203 Å². The molecule has 1 aliphatic heterocycles. The fourth-order valence-corrected chi connectivity index (χ4v) is 4.02. The van der Waals surface area contributed by atoms with Gasteiger partial charge in [0.1, 0.15) is 5.75 Å². The van der Waals surface area contributed by atoms with Gasteiger partial charge in [-0.05, 0) is 86.0 Å². The molecule has 174 valence electrons. The van der Waals surface area contributed by atoms with Crippen LogP contribution in [0.25, 0.3) is 0 Å². The van der Waals surface area contributed by atoms with Gasteiger partial charge >= 0.3 is 0 Å². The van der Waals surface area contributed by atoms with Crippen LogP contribution in [0.1, 0.15) is 44.7 Å². The first-order valence-electron chi connectivity index (χ1n) is 11.1. The van der Waals surface area contributed by atoms with E-state index in [9.17, 15) is 14.4 Å². The number of nitrogens with zero attached hydrogens (tertiary/aromatic N) is 1. The van der Waals surface area contributed by atoms with Crippen LogP contribution in [0.3, 0.4) is 0 Å². The topological polar surface area (TPSA) is 75.7 Å². The molecule has 0 aliphatic carbocycles. The highest BCUT2D eigenvalue weighted by atomic mass is 35.5. The summed E-state index contributed by atoms with van der Waals surface area (Å²) in [4.78, 5) is 39.6. The highest BCUT2D eigenvalue weighted by Crippen LogP contribution is 2.23. The Balaban J connectivity index is 1.34. The second-order valence-electron chi connectivity index (χ2n) is 8.17. The van der Waals surface area contributed by atoms with Gasteiger partial charge in [0.05, 0.1) is 0 Å². The van der Waals surface area contributed by atoms with Crippen molar-refractivity contribution < 1.29 is 19.1 Å². The van der Waals surface area contributed by atoms with E-state index in [2.05, 4.69) is 5.32 Å². The summed E-state index contributed by atoms with van der Waals surface area (Å²) < 4.78 is 5.58. The fourth-order valence-electron chi connectivity index (χ4n) is 3.90. The number of benzene rings is 3. The molecule has 0 bridgehead atoms. The molecule has 1 N–H and O–H groups in total. The Hall–Kier alpha value is -3.64. The van der Waals surface area contributed by atoms with Gasteiger partial charge in [0.25, 0.3) is 11.8 Å². The van der Waals surface area contributed by atoms with E-state index in [1.807, 2.05) is 11.8 Å². The Morgan fingerprint density at radius 3 is 2.18 bits per heavy atom. The number of nitrogens with one attached hydrogen (secondary N) is 1. The summed E-state index contributed by atoms with van der Waals surface area (Å²) in [6, 6.07) is 18.6. The van der Waals surface area contributed by atoms with Crippen molar-refractivity contribution in [3.8, 4) is 5.75 Å². The van der Waals surface area contributed by atoms with Gasteiger partial charge in [-0.3, -0.25) is 14.4 Å². The van der Waals surface area contributed by atoms with E-state index >= 15 is 0 Å². The Bertz CT molecular complexity index is 1200. The maximum Gasteiger partial charge on any atom is 0.262 e. The molecule has 2 amide bonds. The van der Waals surface area contributed by atoms with Crippen LogP contribution in [0.2, 0.25) is 5.02 Å². The summed E-state index contributed by atoms with van der Waals surface area (Å²) in [7, 11) is 0. The average molecular weight is 477 g/mol. The van der Waals surface area contributed by atoms with E-state index in [1.165, 1.54) is 0 Å². The van der Waals surface area contributed by atoms with E-state index in [4.69, 9.17) is 16.3 Å². The van der Waals surface area contributed by atoms with Gasteiger partial charge in [-0.25, -0.2) is 0 Å². The SMILES string of the molecule is Cc1c(NC(=O)COc2ccc(C(=O)c3ccc(Cl)cc3)cc2)cccc1C(=O)N1CCCC1. The molecule has 7 heteroatoms. The van der Waals surface area contributed by atoms with Crippen molar-refractivity contribution >= 4 is 34.9 Å². The third-order valence-electron chi connectivity index (χ3n) is 5.82. The largest absolute Gasteiger partial charge is 0.484 e. The smallest absolute Gasteiger partial charge is 0.262 e. The summed E-state index contributed by atoms with van der Waals surface area (Å²) in [6.45, 7) is 3.17. The first-order valence-corrected chi connectivity index (χ1v) is 11.5. The molecule has 3 aromatic carbocycles. The number of carbonyl (C=O) groups excluding carboxylic acids is 3. The Morgan fingerprint density at radius 2 is 1.53 bits per heavy atom. The van der Waals surface area contributed by atoms with Gasteiger partial charge in [-0.1, -0.05) is 17.7 Å². The van der Waals surface area contributed by atoms with E-state index in [-0.39, 0.29) is 24.2 Å². The monoisotopic (exact) mass is 476 g/mol. The molecule has 0 atom stereocenters. The molecule has 1 saturated heterocycles. The molecule has 0 aromatic heterocycles. The molecule has 3 aromatic rings. The van der Waals surface area contributed by atoms with Crippen molar-refractivity contribution in [2.24, 2.45) is 0 Å². The van der Waals surface area contributed by atoms with Crippen LogP contribution >= 0.6 is 11.6 Å². The van der Waals surface area contributed by atoms with Gasteiger partial charge < -0.3 is 15.0 Å². The summed E-state index contributed by atoms with van der Waals surface area (Å²) in [6.07, 6.45) is 2.05. The quantitative estimate of drug-likeness (QED) is 0.479. The predicted molar refractivity (Wildman–Crippen MR) is 132 cm³/mol. The van der Waals surface area contributed by atoms with Crippen LogP contribution in [0, 0.1) is 6.92 Å². The zero-order valence-corrected chi connectivity index (χ0v) is 19.6. The first kappa shape index (κ1) is 23.5. The van der Waals surface area contributed by atoms with E-state index in [0.717, 1.165) is 31.5 Å². The predicted octanol–water partition coefficient (Wildman–Crippen LogP) is 5.13. The molecule has 1 aliphatic rings. The van der Waals surface area contributed by atoms with Crippen LogP contribution in [-0.4, -0.2) is 42.2 Å². The molecule has 1 heterocycles. The molecule has 4 rings (SSSR count). The van der Waals surface area contributed by atoms with Gasteiger partial charge in [-0.15, -0.1) is 0 Å². The molecule has 0 radical (unpaired) electrons. The maximum atomic E-state index is 12.8. The zero-order valence-electron chi connectivity index (χ0n) is 18.8. The molecular formula is C27H25ClN2O4. The number of rotatable bonds is 7. The zero-order chi connectivity index (χ0) is 24.1. The molecule has 0 saturated carbocycles. The minimum Gasteiger partial charge on any atom is -0.484 e. The number of ketones is 1. The normalized spacial score (nSPS) is 12.9. The van der Waals surface area contributed by atoms with Crippen LogP contribution in [0.15, 0.2) is 66.7 Å². The van der Waals surface area contributed by atoms with E-state index in [1.54, 1.807) is 66.7 Å². The van der Waals surface area contributed by atoms with Crippen LogP contribution < -0.4 is 10.1 Å². The maximum absolute atomic E-state index is 12.8. The highest BCUT2D eigenvalue weighted by Gasteiger charge is 2.22. The highest BCUT2D eigenvalue weighted by molar-refractivity contribution is 6.30. The molecule has 1 fully saturated rings. The van der Waals surface area contributed by atoms with Crippen molar-refractivity contribution in [2.75, 3.05) is 25.0 Å². The second kappa shape index (κ2) is 10.5. The number of halogens is 1. The summed E-state index contributed by atoms with van der Waals surface area (Å²) >= 11 is 5.87. The van der Waals surface area contributed by atoms with Crippen molar-refractivity contribution in [1.82, 2.24) is 4.90 Å². The van der Waals surface area contributed by atoms with Crippen LogP contribution in [0.4, 0.5) is 5.69 Å². The third-order valence-corrected chi connectivity index (χ3v) is 6.08. The minimum atomic E-state index is -0.338. The Kier molecular flexibility index (Phi) is 7.28. The molecule has 34 heavy (non-hydrogen) atoms. The van der Waals surface area contributed by atoms with Crippen LogP contribution in [-0.2, 0) is 4.79 Å².